The van der Waals surface area contributed by atoms with Crippen molar-refractivity contribution in [3.8, 4) is 0 Å². The third kappa shape index (κ3) is 3.06. The number of nitrogens with one attached hydrogen (secondary N) is 1. The molecule has 1 amide bonds. The van der Waals surface area contributed by atoms with E-state index in [1.165, 1.54) is 0 Å². The van der Waals surface area contributed by atoms with Crippen molar-refractivity contribution in [3.05, 3.63) is 23.7 Å². The topological polar surface area (TPSA) is 68.3 Å². The predicted molar refractivity (Wildman–Crippen MR) is 66.4 cm³/mol. The molecule has 1 unspecified atom stereocenters. The number of amides is 1. The molecule has 16 heavy (non-hydrogen) atoms. The van der Waals surface area contributed by atoms with E-state index in [1.807, 2.05) is 13.8 Å². The highest BCUT2D eigenvalue weighted by Crippen LogP contribution is 2.08. The first kappa shape index (κ1) is 12.7. The Morgan fingerprint density at radius 1 is 1.56 bits per heavy atom. The van der Waals surface area contributed by atoms with Crippen LogP contribution in [0.25, 0.3) is 0 Å². The maximum atomic E-state index is 11.7. The lowest BCUT2D eigenvalue weighted by Crippen LogP contribution is -2.42. The Morgan fingerprint density at radius 3 is 2.69 bits per heavy atom. The van der Waals surface area contributed by atoms with Crippen LogP contribution >= 0.6 is 12.2 Å². The minimum absolute atomic E-state index is 0.278. The Bertz CT molecular complexity index is 387. The monoisotopic (exact) mass is 240 g/mol. The van der Waals surface area contributed by atoms with E-state index in [0.29, 0.717) is 12.2 Å². The quantitative estimate of drug-likeness (QED) is 0.768. The van der Waals surface area contributed by atoms with Crippen molar-refractivity contribution in [3.63, 3.8) is 0 Å². The lowest BCUT2D eigenvalue weighted by atomic mass is 10.2. The normalized spacial score (nSPS) is 12.1. The van der Waals surface area contributed by atoms with Crippen molar-refractivity contribution >= 4 is 23.1 Å². The van der Waals surface area contributed by atoms with Gasteiger partial charge in [-0.2, -0.15) is 0 Å². The molecule has 1 atom stereocenters. The summed E-state index contributed by atoms with van der Waals surface area (Å²) in [6.45, 7) is 3.87. The highest BCUT2D eigenvalue weighted by Gasteiger charge is 2.16. The Morgan fingerprint density at radius 2 is 2.25 bits per heavy atom. The van der Waals surface area contributed by atoms with Crippen molar-refractivity contribution in [1.29, 1.82) is 0 Å². The largest absolute Gasteiger partial charge is 0.456 e. The van der Waals surface area contributed by atoms with Gasteiger partial charge in [0.05, 0.1) is 11.0 Å². The summed E-state index contributed by atoms with van der Waals surface area (Å²) in [6, 6.07) is 3.16. The van der Waals surface area contributed by atoms with Crippen molar-refractivity contribution in [2.24, 2.45) is 5.73 Å². The number of carbonyl (C=O) groups excluding carboxylic acids is 1. The first-order valence-electron chi connectivity index (χ1n) is 5.27. The SMILES string of the molecule is CCc1ccc(C(=O)NC(CC)C(N)=S)o1. The molecule has 5 heteroatoms. The highest BCUT2D eigenvalue weighted by molar-refractivity contribution is 7.80. The van der Waals surface area contributed by atoms with Crippen LogP contribution in [-0.4, -0.2) is 16.9 Å². The summed E-state index contributed by atoms with van der Waals surface area (Å²) in [5, 5.41) is 2.72. The number of carbonyl (C=O) groups is 1. The summed E-state index contributed by atoms with van der Waals surface area (Å²) in [5.41, 5.74) is 5.49. The molecule has 0 spiro atoms. The van der Waals surface area contributed by atoms with Gasteiger partial charge < -0.3 is 15.5 Å². The summed E-state index contributed by atoms with van der Waals surface area (Å²) in [6.07, 6.45) is 1.43. The molecule has 1 rings (SSSR count). The van der Waals surface area contributed by atoms with Crippen LogP contribution in [0.5, 0.6) is 0 Å². The van der Waals surface area contributed by atoms with Gasteiger partial charge in [0, 0.05) is 6.42 Å². The van der Waals surface area contributed by atoms with Crippen LogP contribution in [0.2, 0.25) is 0 Å². The van der Waals surface area contributed by atoms with Gasteiger partial charge in [-0.1, -0.05) is 26.1 Å². The van der Waals surface area contributed by atoms with Crippen LogP contribution in [0.4, 0.5) is 0 Å². The van der Waals surface area contributed by atoms with Gasteiger partial charge in [0.15, 0.2) is 5.76 Å². The molecule has 4 nitrogen and oxygen atoms in total. The van der Waals surface area contributed by atoms with Gasteiger partial charge in [0.25, 0.3) is 5.91 Å². The van der Waals surface area contributed by atoms with E-state index in [9.17, 15) is 4.79 Å². The number of thiocarbonyl (C=S) groups is 1. The summed E-state index contributed by atoms with van der Waals surface area (Å²) in [4.78, 5) is 12.0. The molecule has 0 radical (unpaired) electrons. The first-order valence-corrected chi connectivity index (χ1v) is 5.68. The van der Waals surface area contributed by atoms with Gasteiger partial charge >= 0.3 is 0 Å². The van der Waals surface area contributed by atoms with E-state index in [1.54, 1.807) is 12.1 Å². The van der Waals surface area contributed by atoms with Crippen LogP contribution in [0, 0.1) is 0 Å². The molecule has 0 fully saturated rings. The van der Waals surface area contributed by atoms with Crippen LogP contribution in [0.1, 0.15) is 36.6 Å². The molecule has 0 saturated heterocycles. The minimum Gasteiger partial charge on any atom is -0.456 e. The standard InChI is InChI=1S/C11H16N2O2S/c1-3-7-5-6-9(15-7)11(14)13-8(4-2)10(12)16/h5-6,8H,3-4H2,1-2H3,(H2,12,16)(H,13,14). The average molecular weight is 240 g/mol. The zero-order valence-corrected chi connectivity index (χ0v) is 10.3. The lowest BCUT2D eigenvalue weighted by Gasteiger charge is -2.13. The predicted octanol–water partition coefficient (Wildman–Crippen LogP) is 1.64. The summed E-state index contributed by atoms with van der Waals surface area (Å²) in [5.74, 6) is 0.805. The van der Waals surface area contributed by atoms with Gasteiger partial charge in [-0.3, -0.25) is 4.79 Å². The number of aryl methyl sites for hydroxylation is 1. The molecule has 0 bridgehead atoms. The molecule has 0 aliphatic rings. The van der Waals surface area contributed by atoms with E-state index < -0.39 is 0 Å². The number of rotatable bonds is 5. The van der Waals surface area contributed by atoms with E-state index in [2.05, 4.69) is 5.32 Å². The van der Waals surface area contributed by atoms with E-state index in [-0.39, 0.29) is 16.9 Å². The second kappa shape index (κ2) is 5.65. The van der Waals surface area contributed by atoms with E-state index in [4.69, 9.17) is 22.4 Å². The first-order chi connectivity index (χ1) is 7.58. The smallest absolute Gasteiger partial charge is 0.287 e. The molecular weight excluding hydrogens is 224 g/mol. The lowest BCUT2D eigenvalue weighted by molar-refractivity contribution is 0.0917. The van der Waals surface area contributed by atoms with Crippen molar-refractivity contribution in [2.45, 2.75) is 32.7 Å². The molecule has 88 valence electrons. The van der Waals surface area contributed by atoms with Crippen molar-refractivity contribution in [2.75, 3.05) is 0 Å². The molecular formula is C11H16N2O2S. The number of furan rings is 1. The summed E-state index contributed by atoms with van der Waals surface area (Å²) >= 11 is 4.84. The molecule has 1 aromatic rings. The van der Waals surface area contributed by atoms with Crippen LogP contribution in [0.15, 0.2) is 16.5 Å². The fraction of sp³-hybridized carbons (Fsp3) is 0.455. The maximum Gasteiger partial charge on any atom is 0.287 e. The van der Waals surface area contributed by atoms with Crippen LogP contribution in [-0.2, 0) is 6.42 Å². The maximum absolute atomic E-state index is 11.7. The van der Waals surface area contributed by atoms with Gasteiger partial charge in [-0.25, -0.2) is 0 Å². The molecule has 0 aliphatic carbocycles. The third-order valence-electron chi connectivity index (χ3n) is 2.29. The van der Waals surface area contributed by atoms with E-state index in [0.717, 1.165) is 12.2 Å². The Hall–Kier alpha value is -1.36. The number of hydrogen-bond acceptors (Lipinski definition) is 3. The van der Waals surface area contributed by atoms with Gasteiger partial charge in [-0.15, -0.1) is 0 Å². The van der Waals surface area contributed by atoms with Crippen LogP contribution < -0.4 is 11.1 Å². The summed E-state index contributed by atoms with van der Waals surface area (Å²) < 4.78 is 5.32. The second-order valence-corrected chi connectivity index (χ2v) is 3.93. The van der Waals surface area contributed by atoms with Gasteiger partial charge in [-0.05, 0) is 18.6 Å². The average Bonchev–Trinajstić information content (AvgIpc) is 2.73. The van der Waals surface area contributed by atoms with Gasteiger partial charge in [0.1, 0.15) is 5.76 Å². The fourth-order valence-corrected chi connectivity index (χ4v) is 1.52. The number of nitrogens with two attached hydrogens (primary N) is 1. The highest BCUT2D eigenvalue weighted by atomic mass is 32.1. The number of hydrogen-bond donors (Lipinski definition) is 2. The summed E-state index contributed by atoms with van der Waals surface area (Å²) in [7, 11) is 0. The van der Waals surface area contributed by atoms with Crippen molar-refractivity contribution in [1.82, 2.24) is 5.32 Å². The minimum atomic E-state index is -0.280. The Balaban J connectivity index is 2.67. The zero-order chi connectivity index (χ0) is 12.1. The van der Waals surface area contributed by atoms with Crippen LogP contribution in [0.3, 0.4) is 0 Å². The molecule has 0 saturated carbocycles. The third-order valence-corrected chi connectivity index (χ3v) is 2.58. The molecule has 0 aliphatic heterocycles. The van der Waals surface area contributed by atoms with Gasteiger partial charge in [0.2, 0.25) is 0 Å². The van der Waals surface area contributed by atoms with Crippen molar-refractivity contribution < 1.29 is 9.21 Å². The fourth-order valence-electron chi connectivity index (χ4n) is 1.29. The van der Waals surface area contributed by atoms with E-state index >= 15 is 0 Å². The molecule has 3 N–H and O–H groups in total. The molecule has 1 heterocycles. The Kier molecular flexibility index (Phi) is 4.49. The Labute approximate surface area is 100 Å². The molecule has 1 aromatic heterocycles. The molecule has 0 aromatic carbocycles. The second-order valence-electron chi connectivity index (χ2n) is 3.46. The zero-order valence-electron chi connectivity index (χ0n) is 9.45.